The van der Waals surface area contributed by atoms with Gasteiger partial charge in [-0.25, -0.2) is 4.39 Å². The van der Waals surface area contributed by atoms with Gasteiger partial charge in [-0.05, 0) is 18.2 Å². The maximum Gasteiger partial charge on any atom is 0.146 e. The third kappa shape index (κ3) is 3.57. The van der Waals surface area contributed by atoms with Crippen LogP contribution in [0.5, 0.6) is 0 Å². The highest BCUT2D eigenvalue weighted by Crippen LogP contribution is 2.22. The van der Waals surface area contributed by atoms with E-state index in [1.54, 1.807) is 23.5 Å². The molecule has 4 heteroatoms. The fraction of sp³-hybridized carbons (Fsp3) is 0.200. The Morgan fingerprint density at radius 3 is 2.89 bits per heavy atom. The number of hydrogen-bond acceptors (Lipinski definition) is 3. The van der Waals surface area contributed by atoms with Gasteiger partial charge in [0.1, 0.15) is 5.82 Å². The van der Waals surface area contributed by atoms with Gasteiger partial charge in [0.2, 0.25) is 0 Å². The molecule has 0 unspecified atom stereocenters. The summed E-state index contributed by atoms with van der Waals surface area (Å²) in [5.41, 5.74) is 6.90. The zero-order valence-electron chi connectivity index (χ0n) is 10.7. The van der Waals surface area contributed by atoms with Crippen LogP contribution in [-0.2, 0) is 6.54 Å². The average molecular weight is 274 g/mol. The number of nitrogens with zero attached hydrogens (tertiary/aromatic N) is 1. The van der Waals surface area contributed by atoms with Gasteiger partial charge in [0.05, 0.1) is 18.8 Å². The first kappa shape index (κ1) is 13.6. The zero-order chi connectivity index (χ0) is 13.7. The van der Waals surface area contributed by atoms with Crippen molar-refractivity contribution >= 4 is 17.0 Å². The van der Waals surface area contributed by atoms with E-state index in [2.05, 4.69) is 11.8 Å². The molecule has 0 fully saturated rings. The van der Waals surface area contributed by atoms with Gasteiger partial charge in [-0.2, -0.15) is 0 Å². The topological polar surface area (TPSA) is 29.3 Å². The summed E-state index contributed by atoms with van der Waals surface area (Å²) in [5.74, 6) is 5.61. The number of halogens is 1. The molecule has 0 bridgehead atoms. The number of rotatable bonds is 3. The third-order valence-electron chi connectivity index (χ3n) is 2.65. The van der Waals surface area contributed by atoms with E-state index in [-0.39, 0.29) is 5.82 Å². The molecule has 2 N–H and O–H groups in total. The normalized spacial score (nSPS) is 9.84. The average Bonchev–Trinajstić information content (AvgIpc) is 2.84. The van der Waals surface area contributed by atoms with Crippen LogP contribution in [0.3, 0.4) is 0 Å². The predicted octanol–water partition coefficient (Wildman–Crippen LogP) is 2.83. The second-order valence-corrected chi connectivity index (χ2v) is 5.11. The maximum atomic E-state index is 13.6. The van der Waals surface area contributed by atoms with Crippen molar-refractivity contribution in [1.29, 1.82) is 0 Å². The molecule has 0 saturated carbocycles. The fourth-order valence-corrected chi connectivity index (χ4v) is 2.63. The summed E-state index contributed by atoms with van der Waals surface area (Å²) in [6.07, 6.45) is 0. The standard InChI is InChI=1S/C15H15FN2S/c1-18(15-7-3-2-6-14(15)16)10-13-9-12(11-19-13)5-4-8-17/h2-3,6-7,9,11H,8,10,17H2,1H3. The molecule has 1 heterocycles. The highest BCUT2D eigenvalue weighted by molar-refractivity contribution is 7.10. The Morgan fingerprint density at radius 2 is 2.16 bits per heavy atom. The second-order valence-electron chi connectivity index (χ2n) is 4.12. The van der Waals surface area contributed by atoms with Crippen molar-refractivity contribution in [3.8, 4) is 11.8 Å². The Balaban J connectivity index is 2.09. The minimum Gasteiger partial charge on any atom is -0.367 e. The monoisotopic (exact) mass is 274 g/mol. The summed E-state index contributed by atoms with van der Waals surface area (Å²) in [4.78, 5) is 3.04. The second kappa shape index (κ2) is 6.37. The number of nitrogens with two attached hydrogens (primary N) is 1. The van der Waals surface area contributed by atoms with Crippen LogP contribution in [0.2, 0.25) is 0 Å². The van der Waals surface area contributed by atoms with E-state index in [9.17, 15) is 4.39 Å². The van der Waals surface area contributed by atoms with Crippen molar-refractivity contribution in [3.05, 3.63) is 52.0 Å². The Bertz CT molecular complexity index is 610. The largest absolute Gasteiger partial charge is 0.367 e. The quantitative estimate of drug-likeness (QED) is 0.872. The van der Waals surface area contributed by atoms with Gasteiger partial charge in [-0.1, -0.05) is 24.0 Å². The Kier molecular flexibility index (Phi) is 4.56. The molecule has 2 nitrogen and oxygen atoms in total. The van der Waals surface area contributed by atoms with E-state index >= 15 is 0 Å². The summed E-state index contributed by atoms with van der Waals surface area (Å²) >= 11 is 1.62. The maximum absolute atomic E-state index is 13.6. The molecule has 19 heavy (non-hydrogen) atoms. The molecular formula is C15H15FN2S. The van der Waals surface area contributed by atoms with Gasteiger partial charge < -0.3 is 10.6 Å². The van der Waals surface area contributed by atoms with Crippen molar-refractivity contribution in [2.75, 3.05) is 18.5 Å². The molecule has 1 aromatic carbocycles. The molecule has 0 aliphatic carbocycles. The molecule has 0 radical (unpaired) electrons. The summed E-state index contributed by atoms with van der Waals surface area (Å²) in [6, 6.07) is 8.79. The van der Waals surface area contributed by atoms with Gasteiger partial charge >= 0.3 is 0 Å². The molecule has 0 amide bonds. The van der Waals surface area contributed by atoms with E-state index in [1.807, 2.05) is 29.5 Å². The van der Waals surface area contributed by atoms with Gasteiger partial charge in [-0.15, -0.1) is 11.3 Å². The lowest BCUT2D eigenvalue weighted by Crippen LogP contribution is -2.16. The van der Waals surface area contributed by atoms with Crippen LogP contribution in [0, 0.1) is 17.7 Å². The van der Waals surface area contributed by atoms with Crippen molar-refractivity contribution in [3.63, 3.8) is 0 Å². The number of benzene rings is 1. The molecule has 0 spiro atoms. The van der Waals surface area contributed by atoms with Crippen LogP contribution >= 0.6 is 11.3 Å². The molecule has 0 aliphatic rings. The van der Waals surface area contributed by atoms with Gasteiger partial charge in [0.15, 0.2) is 0 Å². The minimum absolute atomic E-state index is 0.204. The molecule has 0 atom stereocenters. The SMILES string of the molecule is CN(Cc1cc(C#CCN)cs1)c1ccccc1F. The predicted molar refractivity (Wildman–Crippen MR) is 78.8 cm³/mol. The smallest absolute Gasteiger partial charge is 0.146 e. The first-order valence-corrected chi connectivity index (χ1v) is 6.80. The number of hydrogen-bond donors (Lipinski definition) is 1. The van der Waals surface area contributed by atoms with Crippen molar-refractivity contribution in [2.45, 2.75) is 6.54 Å². The summed E-state index contributed by atoms with van der Waals surface area (Å²) in [5, 5.41) is 1.99. The Hall–Kier alpha value is -1.83. The molecule has 0 saturated heterocycles. The minimum atomic E-state index is -0.204. The number of thiophene rings is 1. The van der Waals surface area contributed by atoms with Crippen molar-refractivity contribution in [1.82, 2.24) is 0 Å². The van der Waals surface area contributed by atoms with Crippen LogP contribution in [0.4, 0.5) is 10.1 Å². The number of anilines is 1. The highest BCUT2D eigenvalue weighted by Gasteiger charge is 2.08. The first-order chi connectivity index (χ1) is 9.20. The molecular weight excluding hydrogens is 259 g/mol. The van der Waals surface area contributed by atoms with E-state index in [0.717, 1.165) is 10.4 Å². The van der Waals surface area contributed by atoms with Crippen LogP contribution in [0.25, 0.3) is 0 Å². The van der Waals surface area contributed by atoms with Crippen LogP contribution in [-0.4, -0.2) is 13.6 Å². The molecule has 98 valence electrons. The van der Waals surface area contributed by atoms with Crippen molar-refractivity contribution in [2.24, 2.45) is 5.73 Å². The van der Waals surface area contributed by atoms with E-state index in [0.29, 0.717) is 18.8 Å². The van der Waals surface area contributed by atoms with Crippen LogP contribution in [0.1, 0.15) is 10.4 Å². The number of para-hydroxylation sites is 1. The van der Waals surface area contributed by atoms with Gasteiger partial charge in [0.25, 0.3) is 0 Å². The molecule has 2 rings (SSSR count). The fourth-order valence-electron chi connectivity index (χ4n) is 1.76. The zero-order valence-corrected chi connectivity index (χ0v) is 11.5. The van der Waals surface area contributed by atoms with E-state index in [1.165, 1.54) is 6.07 Å². The summed E-state index contributed by atoms with van der Waals surface area (Å²) in [6.45, 7) is 1.02. The molecule has 2 aromatic rings. The summed E-state index contributed by atoms with van der Waals surface area (Å²) in [7, 11) is 1.88. The van der Waals surface area contributed by atoms with E-state index in [4.69, 9.17) is 5.73 Å². The first-order valence-electron chi connectivity index (χ1n) is 5.92. The van der Waals surface area contributed by atoms with Gasteiger partial charge in [-0.3, -0.25) is 0 Å². The molecule has 1 aromatic heterocycles. The molecule has 0 aliphatic heterocycles. The lowest BCUT2D eigenvalue weighted by molar-refractivity contribution is 0.622. The Morgan fingerprint density at radius 1 is 1.37 bits per heavy atom. The summed E-state index contributed by atoms with van der Waals surface area (Å²) < 4.78 is 13.6. The lowest BCUT2D eigenvalue weighted by Gasteiger charge is -2.18. The van der Waals surface area contributed by atoms with Gasteiger partial charge in [0, 0.05) is 22.9 Å². The Labute approximate surface area is 116 Å². The lowest BCUT2D eigenvalue weighted by atomic mass is 10.2. The van der Waals surface area contributed by atoms with E-state index < -0.39 is 0 Å². The van der Waals surface area contributed by atoms with Crippen LogP contribution in [0.15, 0.2) is 35.7 Å². The van der Waals surface area contributed by atoms with Crippen molar-refractivity contribution < 1.29 is 4.39 Å². The van der Waals surface area contributed by atoms with Crippen LogP contribution < -0.4 is 10.6 Å². The highest BCUT2D eigenvalue weighted by atomic mass is 32.1. The third-order valence-corrected chi connectivity index (χ3v) is 3.57.